The van der Waals surface area contributed by atoms with E-state index in [0.29, 0.717) is 5.92 Å². The summed E-state index contributed by atoms with van der Waals surface area (Å²) in [6, 6.07) is 16.3. The average molecular weight is 272 g/mol. The van der Waals surface area contributed by atoms with Gasteiger partial charge in [0.05, 0.1) is 13.7 Å². The molecule has 0 N–H and O–H groups in total. The molecule has 0 radical (unpaired) electrons. The minimum atomic E-state index is 0.489. The first-order valence-electron chi connectivity index (χ1n) is 6.35. The third kappa shape index (κ3) is 2.71. The van der Waals surface area contributed by atoms with Crippen molar-refractivity contribution in [3.05, 3.63) is 54.1 Å². The summed E-state index contributed by atoms with van der Waals surface area (Å²) in [5.74, 6) is 3.35. The predicted octanol–water partition coefficient (Wildman–Crippen LogP) is 3.96. The van der Waals surface area contributed by atoms with Gasteiger partial charge in [-0.15, -0.1) is 11.8 Å². The summed E-state index contributed by atoms with van der Waals surface area (Å²) >= 11 is 1.92. The van der Waals surface area contributed by atoms with Crippen LogP contribution in [-0.4, -0.2) is 19.5 Å². The predicted molar refractivity (Wildman–Crippen MR) is 78.4 cm³/mol. The third-order valence-electron chi connectivity index (χ3n) is 3.31. The van der Waals surface area contributed by atoms with E-state index in [1.807, 2.05) is 36.0 Å². The molecule has 3 rings (SSSR count). The highest BCUT2D eigenvalue weighted by Gasteiger charge is 2.23. The number of hydrogen-bond donors (Lipinski definition) is 0. The summed E-state index contributed by atoms with van der Waals surface area (Å²) in [5.41, 5.74) is 1.42. The second-order valence-corrected chi connectivity index (χ2v) is 5.59. The van der Waals surface area contributed by atoms with Crippen molar-refractivity contribution in [2.24, 2.45) is 0 Å². The molecular weight excluding hydrogens is 256 g/mol. The first-order valence-corrected chi connectivity index (χ1v) is 7.34. The Balaban J connectivity index is 1.64. The molecule has 1 heterocycles. The Morgan fingerprint density at radius 1 is 1.05 bits per heavy atom. The molecule has 0 spiro atoms. The maximum absolute atomic E-state index is 5.88. The van der Waals surface area contributed by atoms with Crippen LogP contribution in [0.3, 0.4) is 0 Å². The van der Waals surface area contributed by atoms with Crippen molar-refractivity contribution in [3.63, 3.8) is 0 Å². The van der Waals surface area contributed by atoms with E-state index < -0.39 is 0 Å². The molecule has 3 heteroatoms. The molecule has 2 aromatic carbocycles. The lowest BCUT2D eigenvalue weighted by molar-refractivity contribution is 0.297. The fourth-order valence-electron chi connectivity index (χ4n) is 2.24. The minimum absolute atomic E-state index is 0.489. The lowest BCUT2D eigenvalue weighted by Crippen LogP contribution is -2.09. The number of ether oxygens (including phenoxy) is 2. The molecule has 0 bridgehead atoms. The largest absolute Gasteiger partial charge is 0.497 e. The van der Waals surface area contributed by atoms with Gasteiger partial charge in [0, 0.05) is 16.6 Å². The second kappa shape index (κ2) is 5.57. The monoisotopic (exact) mass is 272 g/mol. The molecule has 0 saturated heterocycles. The molecule has 2 aromatic rings. The summed E-state index contributed by atoms with van der Waals surface area (Å²) in [4.78, 5) is 1.39. The highest BCUT2D eigenvalue weighted by molar-refractivity contribution is 7.99. The van der Waals surface area contributed by atoms with Gasteiger partial charge in [0.15, 0.2) is 0 Å². The van der Waals surface area contributed by atoms with Crippen LogP contribution in [0.15, 0.2) is 53.4 Å². The van der Waals surface area contributed by atoms with Crippen LogP contribution in [0.1, 0.15) is 11.5 Å². The van der Waals surface area contributed by atoms with E-state index in [2.05, 4.69) is 24.3 Å². The summed E-state index contributed by atoms with van der Waals surface area (Å²) < 4.78 is 11.0. The number of hydrogen-bond acceptors (Lipinski definition) is 3. The Bertz CT molecular complexity index is 551. The number of rotatable bonds is 4. The van der Waals surface area contributed by atoms with Gasteiger partial charge >= 0.3 is 0 Å². The molecule has 1 aliphatic heterocycles. The number of benzene rings is 2. The van der Waals surface area contributed by atoms with Crippen LogP contribution in [0.5, 0.6) is 11.5 Å². The van der Waals surface area contributed by atoms with E-state index in [1.165, 1.54) is 10.5 Å². The van der Waals surface area contributed by atoms with E-state index in [1.54, 1.807) is 7.11 Å². The molecule has 2 nitrogen and oxygen atoms in total. The lowest BCUT2D eigenvalue weighted by atomic mass is 10.0. The van der Waals surface area contributed by atoms with Crippen molar-refractivity contribution in [3.8, 4) is 11.5 Å². The van der Waals surface area contributed by atoms with Gasteiger partial charge in [-0.1, -0.05) is 18.2 Å². The standard InChI is InChI=1S/C16H16O2S/c1-17-13-6-8-14(9-7-13)18-10-12-11-19-16-5-3-2-4-15(12)16/h2-9,12H,10-11H2,1H3. The Morgan fingerprint density at radius 3 is 2.58 bits per heavy atom. The molecule has 98 valence electrons. The Kier molecular flexibility index (Phi) is 3.65. The molecule has 0 aromatic heterocycles. The maximum Gasteiger partial charge on any atom is 0.119 e. The number of thioether (sulfide) groups is 1. The quantitative estimate of drug-likeness (QED) is 0.839. The second-order valence-electron chi connectivity index (χ2n) is 4.53. The summed E-state index contributed by atoms with van der Waals surface area (Å²) in [6.45, 7) is 0.732. The lowest BCUT2D eigenvalue weighted by Gasteiger charge is -2.12. The highest BCUT2D eigenvalue weighted by Crippen LogP contribution is 2.39. The molecular formula is C16H16O2S. The summed E-state index contributed by atoms with van der Waals surface area (Å²) in [5, 5.41) is 0. The number of fused-ring (bicyclic) bond motifs is 1. The first kappa shape index (κ1) is 12.4. The van der Waals surface area contributed by atoms with Crippen molar-refractivity contribution in [2.75, 3.05) is 19.5 Å². The van der Waals surface area contributed by atoms with E-state index in [0.717, 1.165) is 23.9 Å². The fourth-order valence-corrected chi connectivity index (χ4v) is 3.47. The third-order valence-corrected chi connectivity index (χ3v) is 4.56. The van der Waals surface area contributed by atoms with Gasteiger partial charge < -0.3 is 9.47 Å². The smallest absolute Gasteiger partial charge is 0.119 e. The van der Waals surface area contributed by atoms with E-state index in [4.69, 9.17) is 9.47 Å². The van der Waals surface area contributed by atoms with Crippen molar-refractivity contribution in [1.82, 2.24) is 0 Å². The van der Waals surface area contributed by atoms with Crippen LogP contribution in [0, 0.1) is 0 Å². The molecule has 1 aliphatic rings. The normalized spacial score (nSPS) is 17.0. The average Bonchev–Trinajstić information content (AvgIpc) is 2.89. The van der Waals surface area contributed by atoms with Crippen molar-refractivity contribution in [2.45, 2.75) is 10.8 Å². The molecule has 0 fully saturated rings. The van der Waals surface area contributed by atoms with Crippen molar-refractivity contribution < 1.29 is 9.47 Å². The number of methoxy groups -OCH3 is 1. The van der Waals surface area contributed by atoms with Crippen molar-refractivity contribution in [1.29, 1.82) is 0 Å². The van der Waals surface area contributed by atoms with Gasteiger partial charge in [0.25, 0.3) is 0 Å². The molecule has 0 amide bonds. The summed E-state index contributed by atoms with van der Waals surface area (Å²) in [7, 11) is 1.67. The van der Waals surface area contributed by atoms with Crippen LogP contribution >= 0.6 is 11.8 Å². The Hall–Kier alpha value is -1.61. The van der Waals surface area contributed by atoms with Gasteiger partial charge in [0.1, 0.15) is 11.5 Å². The maximum atomic E-state index is 5.88. The zero-order chi connectivity index (χ0) is 13.1. The van der Waals surface area contributed by atoms with Gasteiger partial charge in [0.2, 0.25) is 0 Å². The zero-order valence-electron chi connectivity index (χ0n) is 10.8. The SMILES string of the molecule is COc1ccc(OCC2CSc3ccccc32)cc1. The van der Waals surface area contributed by atoms with Crippen LogP contribution in [0.4, 0.5) is 0 Å². The Morgan fingerprint density at radius 2 is 1.79 bits per heavy atom. The zero-order valence-corrected chi connectivity index (χ0v) is 11.7. The van der Waals surface area contributed by atoms with Gasteiger partial charge in [-0.05, 0) is 35.9 Å². The van der Waals surface area contributed by atoms with E-state index >= 15 is 0 Å². The van der Waals surface area contributed by atoms with Crippen LogP contribution in [-0.2, 0) is 0 Å². The van der Waals surface area contributed by atoms with Crippen LogP contribution < -0.4 is 9.47 Å². The van der Waals surface area contributed by atoms with E-state index in [9.17, 15) is 0 Å². The topological polar surface area (TPSA) is 18.5 Å². The molecule has 1 atom stereocenters. The molecule has 19 heavy (non-hydrogen) atoms. The molecule has 0 saturated carbocycles. The van der Waals surface area contributed by atoms with Gasteiger partial charge in [-0.25, -0.2) is 0 Å². The fraction of sp³-hybridized carbons (Fsp3) is 0.250. The Labute approximate surface area is 117 Å². The summed E-state index contributed by atoms with van der Waals surface area (Å²) in [6.07, 6.45) is 0. The van der Waals surface area contributed by atoms with Gasteiger partial charge in [-0.2, -0.15) is 0 Å². The van der Waals surface area contributed by atoms with E-state index in [-0.39, 0.29) is 0 Å². The highest BCUT2D eigenvalue weighted by atomic mass is 32.2. The molecule has 0 aliphatic carbocycles. The molecule has 1 unspecified atom stereocenters. The first-order chi connectivity index (χ1) is 9.36. The minimum Gasteiger partial charge on any atom is -0.497 e. The van der Waals surface area contributed by atoms with Crippen LogP contribution in [0.2, 0.25) is 0 Å². The van der Waals surface area contributed by atoms with Gasteiger partial charge in [-0.3, -0.25) is 0 Å². The van der Waals surface area contributed by atoms with Crippen LogP contribution in [0.25, 0.3) is 0 Å². The van der Waals surface area contributed by atoms with Crippen molar-refractivity contribution >= 4 is 11.8 Å².